The molecule has 3 heteroatoms. The SMILES string of the molecule is CNCC1CCCCN(C(C)C)C1c1cccs1. The first-order valence-electron chi connectivity index (χ1n) is 7.17. The van der Waals surface area contributed by atoms with Crippen LogP contribution in [0.1, 0.15) is 44.0 Å². The molecule has 0 aromatic carbocycles. The first-order valence-corrected chi connectivity index (χ1v) is 8.05. The van der Waals surface area contributed by atoms with E-state index >= 15 is 0 Å². The molecule has 2 unspecified atom stereocenters. The Balaban J connectivity index is 2.27. The third-order valence-corrected chi connectivity index (χ3v) is 4.95. The summed E-state index contributed by atoms with van der Waals surface area (Å²) in [6.45, 7) is 7.05. The van der Waals surface area contributed by atoms with Crippen molar-refractivity contribution in [3.05, 3.63) is 22.4 Å². The maximum absolute atomic E-state index is 3.39. The monoisotopic (exact) mass is 266 g/mol. The highest BCUT2D eigenvalue weighted by Gasteiger charge is 2.32. The van der Waals surface area contributed by atoms with Crippen LogP contribution in [0.15, 0.2) is 17.5 Å². The minimum absolute atomic E-state index is 0.611. The number of rotatable bonds is 4. The molecule has 2 heterocycles. The van der Waals surface area contributed by atoms with E-state index in [0.717, 1.165) is 12.5 Å². The molecule has 2 rings (SSSR count). The molecule has 1 aliphatic heterocycles. The van der Waals surface area contributed by atoms with Crippen molar-refractivity contribution in [2.75, 3.05) is 20.1 Å². The summed E-state index contributed by atoms with van der Waals surface area (Å²) in [6, 6.07) is 5.76. The van der Waals surface area contributed by atoms with Gasteiger partial charge in [0, 0.05) is 17.0 Å². The summed E-state index contributed by atoms with van der Waals surface area (Å²) >= 11 is 1.92. The van der Waals surface area contributed by atoms with Crippen molar-refractivity contribution in [3.63, 3.8) is 0 Å². The lowest BCUT2D eigenvalue weighted by Gasteiger charge is -2.37. The number of nitrogens with zero attached hydrogens (tertiary/aromatic N) is 1. The number of nitrogens with one attached hydrogen (secondary N) is 1. The third-order valence-electron chi connectivity index (χ3n) is 4.01. The molecule has 0 radical (unpaired) electrons. The van der Waals surface area contributed by atoms with Gasteiger partial charge in [0.25, 0.3) is 0 Å². The van der Waals surface area contributed by atoms with Crippen LogP contribution in [0.3, 0.4) is 0 Å². The van der Waals surface area contributed by atoms with Crippen molar-refractivity contribution in [2.24, 2.45) is 5.92 Å². The van der Waals surface area contributed by atoms with Crippen molar-refractivity contribution < 1.29 is 0 Å². The van der Waals surface area contributed by atoms with Crippen molar-refractivity contribution in [2.45, 2.75) is 45.2 Å². The third kappa shape index (κ3) is 3.14. The zero-order valence-electron chi connectivity index (χ0n) is 11.9. The Bertz CT molecular complexity index is 334. The van der Waals surface area contributed by atoms with E-state index < -0.39 is 0 Å². The van der Waals surface area contributed by atoms with Crippen molar-refractivity contribution in [3.8, 4) is 0 Å². The molecule has 0 saturated carbocycles. The molecule has 0 aliphatic carbocycles. The molecule has 102 valence electrons. The Kier molecular flexibility index (Phi) is 5.22. The van der Waals surface area contributed by atoms with Crippen LogP contribution in [-0.4, -0.2) is 31.1 Å². The van der Waals surface area contributed by atoms with Crippen molar-refractivity contribution >= 4 is 11.3 Å². The van der Waals surface area contributed by atoms with Gasteiger partial charge in [-0.15, -0.1) is 11.3 Å². The molecule has 1 aliphatic rings. The van der Waals surface area contributed by atoms with Crippen molar-refractivity contribution in [1.82, 2.24) is 10.2 Å². The van der Waals surface area contributed by atoms with Crippen molar-refractivity contribution in [1.29, 1.82) is 0 Å². The van der Waals surface area contributed by atoms with Crippen LogP contribution in [0.2, 0.25) is 0 Å². The molecule has 1 N–H and O–H groups in total. The number of thiophene rings is 1. The van der Waals surface area contributed by atoms with Gasteiger partial charge in [-0.25, -0.2) is 0 Å². The van der Waals surface area contributed by atoms with Gasteiger partial charge in [-0.05, 0) is 64.2 Å². The first-order chi connectivity index (χ1) is 8.74. The standard InChI is InChI=1S/C15H26N2S/c1-12(2)17-9-5-4-7-13(11-16-3)15(17)14-8-6-10-18-14/h6,8,10,12-13,15-16H,4-5,7,9,11H2,1-3H3. The Hall–Kier alpha value is -0.380. The summed E-state index contributed by atoms with van der Waals surface area (Å²) in [7, 11) is 2.08. The summed E-state index contributed by atoms with van der Waals surface area (Å²) in [5.41, 5.74) is 0. The van der Waals surface area contributed by atoms with Gasteiger partial charge in [0.05, 0.1) is 0 Å². The van der Waals surface area contributed by atoms with Crippen LogP contribution in [0.5, 0.6) is 0 Å². The number of hydrogen-bond donors (Lipinski definition) is 1. The summed E-state index contributed by atoms with van der Waals surface area (Å²) in [5.74, 6) is 0.749. The van der Waals surface area contributed by atoms with E-state index in [-0.39, 0.29) is 0 Å². The summed E-state index contributed by atoms with van der Waals surface area (Å²) in [4.78, 5) is 4.26. The molecular formula is C15H26N2S. The molecule has 18 heavy (non-hydrogen) atoms. The van der Waals surface area contributed by atoms with E-state index in [1.165, 1.54) is 25.8 Å². The highest BCUT2D eigenvalue weighted by molar-refractivity contribution is 7.10. The molecule has 1 aromatic heterocycles. The fourth-order valence-corrected chi connectivity index (χ4v) is 4.12. The van der Waals surface area contributed by atoms with E-state index in [9.17, 15) is 0 Å². The van der Waals surface area contributed by atoms with Crippen LogP contribution in [0, 0.1) is 5.92 Å². The molecular weight excluding hydrogens is 240 g/mol. The van der Waals surface area contributed by atoms with Gasteiger partial charge in [-0.1, -0.05) is 12.5 Å². The molecule has 1 aromatic rings. The second kappa shape index (κ2) is 6.69. The zero-order valence-corrected chi connectivity index (χ0v) is 12.7. The highest BCUT2D eigenvalue weighted by atomic mass is 32.1. The molecule has 2 nitrogen and oxygen atoms in total. The van der Waals surface area contributed by atoms with Gasteiger partial charge < -0.3 is 5.32 Å². The van der Waals surface area contributed by atoms with E-state index in [4.69, 9.17) is 0 Å². The van der Waals surface area contributed by atoms with E-state index in [2.05, 4.69) is 48.6 Å². The minimum Gasteiger partial charge on any atom is -0.319 e. The summed E-state index contributed by atoms with van der Waals surface area (Å²) in [6.07, 6.45) is 4.07. The lowest BCUT2D eigenvalue weighted by atomic mass is 9.92. The maximum Gasteiger partial charge on any atom is 0.0484 e. The molecule has 0 spiro atoms. The second-order valence-electron chi connectivity index (χ2n) is 5.61. The average Bonchev–Trinajstić information content (AvgIpc) is 2.77. The van der Waals surface area contributed by atoms with Gasteiger partial charge in [0.15, 0.2) is 0 Å². The Morgan fingerprint density at radius 1 is 1.44 bits per heavy atom. The maximum atomic E-state index is 3.39. The van der Waals surface area contributed by atoms with E-state index in [1.807, 2.05) is 11.3 Å². The smallest absolute Gasteiger partial charge is 0.0484 e. The van der Waals surface area contributed by atoms with Gasteiger partial charge in [-0.2, -0.15) is 0 Å². The predicted molar refractivity (Wildman–Crippen MR) is 80.2 cm³/mol. The molecule has 0 amide bonds. The zero-order chi connectivity index (χ0) is 13.0. The van der Waals surface area contributed by atoms with Crippen LogP contribution < -0.4 is 5.32 Å². The fourth-order valence-electron chi connectivity index (χ4n) is 3.18. The summed E-state index contributed by atoms with van der Waals surface area (Å²) in [5, 5.41) is 5.61. The first kappa shape index (κ1) is 14.0. The van der Waals surface area contributed by atoms with Gasteiger partial charge in [-0.3, -0.25) is 4.90 Å². The summed E-state index contributed by atoms with van der Waals surface area (Å²) < 4.78 is 0. The average molecular weight is 266 g/mol. The van der Waals surface area contributed by atoms with Crippen LogP contribution in [-0.2, 0) is 0 Å². The molecule has 1 fully saturated rings. The molecule has 1 saturated heterocycles. The topological polar surface area (TPSA) is 15.3 Å². The highest BCUT2D eigenvalue weighted by Crippen LogP contribution is 2.38. The predicted octanol–water partition coefficient (Wildman–Crippen LogP) is 3.52. The van der Waals surface area contributed by atoms with Crippen LogP contribution in [0.4, 0.5) is 0 Å². The largest absolute Gasteiger partial charge is 0.319 e. The molecule has 0 bridgehead atoms. The number of hydrogen-bond acceptors (Lipinski definition) is 3. The van der Waals surface area contributed by atoms with Crippen LogP contribution >= 0.6 is 11.3 Å². The van der Waals surface area contributed by atoms with E-state index in [1.54, 1.807) is 4.88 Å². The van der Waals surface area contributed by atoms with Gasteiger partial charge >= 0.3 is 0 Å². The van der Waals surface area contributed by atoms with Gasteiger partial charge in [0.2, 0.25) is 0 Å². The fraction of sp³-hybridized carbons (Fsp3) is 0.733. The van der Waals surface area contributed by atoms with Crippen LogP contribution in [0.25, 0.3) is 0 Å². The quantitative estimate of drug-likeness (QED) is 0.897. The molecule has 2 atom stereocenters. The Morgan fingerprint density at radius 2 is 2.28 bits per heavy atom. The Morgan fingerprint density at radius 3 is 2.89 bits per heavy atom. The Labute approximate surface area is 115 Å². The second-order valence-corrected chi connectivity index (χ2v) is 6.58. The van der Waals surface area contributed by atoms with Gasteiger partial charge in [0.1, 0.15) is 0 Å². The minimum atomic E-state index is 0.611. The van der Waals surface area contributed by atoms with E-state index in [0.29, 0.717) is 12.1 Å². The normalized spacial score (nSPS) is 26.4. The lowest BCUT2D eigenvalue weighted by Crippen LogP contribution is -2.40. The number of likely N-dealkylation sites (tertiary alicyclic amines) is 1. The lowest BCUT2D eigenvalue weighted by molar-refractivity contribution is 0.121.